The summed E-state index contributed by atoms with van der Waals surface area (Å²) in [6.45, 7) is 0. The normalized spacial score (nSPS) is 11.9. The van der Waals surface area contributed by atoms with Crippen LogP contribution in [0.2, 0.25) is 0 Å². The summed E-state index contributed by atoms with van der Waals surface area (Å²) in [6.07, 6.45) is 0. The van der Waals surface area contributed by atoms with Gasteiger partial charge in [-0.2, -0.15) is 0 Å². The van der Waals surface area contributed by atoms with E-state index in [0.717, 1.165) is 60.8 Å². The average molecular weight is 747 g/mol. The molecule has 0 aliphatic carbocycles. The molecule has 0 aliphatic rings. The smallest absolute Gasteiger partial charge is 0.164 e. The third kappa shape index (κ3) is 5.12. The van der Waals surface area contributed by atoms with Gasteiger partial charge >= 0.3 is 0 Å². The topological polar surface area (TPSA) is 56.7 Å². The molecule has 0 radical (unpaired) electrons. The van der Waals surface area contributed by atoms with E-state index in [4.69, 9.17) is 19.4 Å². The van der Waals surface area contributed by atoms with Crippen LogP contribution in [0.1, 0.15) is 0 Å². The number of aromatic nitrogens is 4. The van der Waals surface area contributed by atoms with E-state index in [2.05, 4.69) is 126 Å². The van der Waals surface area contributed by atoms with Gasteiger partial charge in [0.05, 0.1) is 11.0 Å². The van der Waals surface area contributed by atoms with Crippen LogP contribution in [0.3, 0.4) is 0 Å². The third-order valence-electron chi connectivity index (χ3n) is 11.1. The summed E-state index contributed by atoms with van der Waals surface area (Å²) in [5, 5.41) is 7.03. The number of nitrogens with zero attached hydrogens (tertiary/aromatic N) is 4. The first-order valence-electron chi connectivity index (χ1n) is 19.0. The van der Waals surface area contributed by atoms with E-state index >= 15 is 0 Å². The van der Waals surface area contributed by atoms with Gasteiger partial charge in [0.25, 0.3) is 0 Å². The van der Waals surface area contributed by atoms with Gasteiger partial charge in [-0.25, -0.2) is 15.0 Å². The molecule has 12 aromatic rings. The minimum absolute atomic E-state index is 0.655. The maximum absolute atomic E-state index is 6.41. The molecule has 12 rings (SSSR count). The van der Waals surface area contributed by atoms with Gasteiger partial charge in [0, 0.05) is 64.1 Å². The fraction of sp³-hybridized carbons (Fsp3) is 0. The third-order valence-corrected chi connectivity index (χ3v) is 12.2. The van der Waals surface area contributed by atoms with Crippen LogP contribution in [0.25, 0.3) is 115 Å². The van der Waals surface area contributed by atoms with Gasteiger partial charge in [0.15, 0.2) is 17.5 Å². The number of furan rings is 1. The SMILES string of the molecule is c1ccc(-c2nc(-c3ccccc3)nc(-c3cccc4sc5cc(-c6ccc7oc8ccc(-n9c%10ccccc%10c%10ccccc%109)cc8c7c6)ccc5c34)n2)cc1. The lowest BCUT2D eigenvalue weighted by Crippen LogP contribution is -2.00. The Balaban J connectivity index is 0.982. The quantitative estimate of drug-likeness (QED) is 0.176. The molecular formula is C51H30N4OS. The van der Waals surface area contributed by atoms with Crippen molar-refractivity contribution in [1.29, 1.82) is 0 Å². The summed E-state index contributed by atoms with van der Waals surface area (Å²) in [7, 11) is 0. The number of hydrogen-bond donors (Lipinski definition) is 0. The zero-order valence-corrected chi connectivity index (χ0v) is 31.2. The Bertz CT molecular complexity index is 3420. The molecule has 0 aliphatic heterocycles. The molecule has 0 amide bonds. The van der Waals surface area contributed by atoms with Crippen LogP contribution in [0.4, 0.5) is 0 Å². The summed E-state index contributed by atoms with van der Waals surface area (Å²) >= 11 is 1.80. The fourth-order valence-electron chi connectivity index (χ4n) is 8.41. The van der Waals surface area contributed by atoms with Crippen LogP contribution in [-0.2, 0) is 0 Å². The highest BCUT2D eigenvalue weighted by atomic mass is 32.1. The molecule has 0 N–H and O–H groups in total. The summed E-state index contributed by atoms with van der Waals surface area (Å²) < 4.78 is 11.2. The maximum Gasteiger partial charge on any atom is 0.164 e. The van der Waals surface area contributed by atoms with E-state index in [0.29, 0.717) is 17.5 Å². The lowest BCUT2D eigenvalue weighted by atomic mass is 10.00. The highest BCUT2D eigenvalue weighted by Crippen LogP contribution is 2.42. The summed E-state index contributed by atoms with van der Waals surface area (Å²) in [5.41, 5.74) is 10.4. The van der Waals surface area contributed by atoms with Gasteiger partial charge < -0.3 is 8.98 Å². The van der Waals surface area contributed by atoms with Gasteiger partial charge in [-0.3, -0.25) is 0 Å². The standard InChI is InChI=1S/C51H30N4OS/c1-3-12-31(13-4-1)49-52-50(32-14-5-2-6-15-32)54-51(53-49)39-18-11-21-46-48(39)38-25-22-34(29-47(38)57-46)33-23-26-44-40(28-33)41-30-35(24-27-45(41)56-44)55-42-19-9-7-16-36(42)37-17-8-10-20-43(37)55/h1-30H. The highest BCUT2D eigenvalue weighted by Gasteiger charge is 2.19. The Morgan fingerprint density at radius 3 is 1.67 bits per heavy atom. The van der Waals surface area contributed by atoms with Crippen molar-refractivity contribution in [2.24, 2.45) is 0 Å². The Morgan fingerprint density at radius 1 is 0.386 bits per heavy atom. The maximum atomic E-state index is 6.41. The molecule has 4 heterocycles. The molecule has 6 heteroatoms. The van der Waals surface area contributed by atoms with E-state index in [-0.39, 0.29) is 0 Å². The van der Waals surface area contributed by atoms with Crippen LogP contribution < -0.4 is 0 Å². The van der Waals surface area contributed by atoms with E-state index in [1.165, 1.54) is 36.6 Å². The largest absolute Gasteiger partial charge is 0.456 e. The fourth-order valence-corrected chi connectivity index (χ4v) is 9.58. The number of benzene rings is 8. The van der Waals surface area contributed by atoms with Crippen molar-refractivity contribution in [2.45, 2.75) is 0 Å². The highest BCUT2D eigenvalue weighted by molar-refractivity contribution is 7.26. The monoisotopic (exact) mass is 746 g/mol. The van der Waals surface area contributed by atoms with Crippen LogP contribution in [0.5, 0.6) is 0 Å². The first-order chi connectivity index (χ1) is 28.2. The first kappa shape index (κ1) is 31.9. The summed E-state index contributed by atoms with van der Waals surface area (Å²) in [5.74, 6) is 1.97. The number of para-hydroxylation sites is 2. The zero-order valence-electron chi connectivity index (χ0n) is 30.4. The first-order valence-corrected chi connectivity index (χ1v) is 19.8. The summed E-state index contributed by atoms with van der Waals surface area (Å²) in [6, 6.07) is 63.8. The van der Waals surface area contributed by atoms with Gasteiger partial charge in [-0.15, -0.1) is 11.3 Å². The minimum Gasteiger partial charge on any atom is -0.456 e. The predicted molar refractivity (Wildman–Crippen MR) is 236 cm³/mol. The van der Waals surface area contributed by atoms with Crippen molar-refractivity contribution in [3.63, 3.8) is 0 Å². The van der Waals surface area contributed by atoms with Crippen LogP contribution in [0.15, 0.2) is 186 Å². The molecule has 0 atom stereocenters. The van der Waals surface area contributed by atoms with Gasteiger partial charge in [0.2, 0.25) is 0 Å². The van der Waals surface area contributed by atoms with E-state index < -0.39 is 0 Å². The minimum atomic E-state index is 0.655. The molecule has 0 fully saturated rings. The molecule has 0 bridgehead atoms. The van der Waals surface area contributed by atoms with Crippen LogP contribution >= 0.6 is 11.3 Å². The van der Waals surface area contributed by atoms with E-state index in [1.54, 1.807) is 11.3 Å². The lowest BCUT2D eigenvalue weighted by molar-refractivity contribution is 0.669. The molecule has 0 saturated carbocycles. The Labute approximate surface area is 330 Å². The molecule has 8 aromatic carbocycles. The molecular weight excluding hydrogens is 717 g/mol. The zero-order chi connectivity index (χ0) is 37.5. The van der Waals surface area contributed by atoms with Crippen LogP contribution in [0, 0.1) is 0 Å². The molecule has 266 valence electrons. The van der Waals surface area contributed by atoms with E-state index in [1.807, 2.05) is 60.7 Å². The Kier molecular flexibility index (Phi) is 7.03. The second-order valence-electron chi connectivity index (χ2n) is 14.4. The van der Waals surface area contributed by atoms with Crippen molar-refractivity contribution in [1.82, 2.24) is 19.5 Å². The average Bonchev–Trinajstić information content (AvgIpc) is 3.95. The number of fused-ring (bicyclic) bond motifs is 9. The Hall–Kier alpha value is -7.41. The lowest BCUT2D eigenvalue weighted by Gasteiger charge is -2.09. The molecule has 0 spiro atoms. The molecule has 0 unspecified atom stereocenters. The number of hydrogen-bond acceptors (Lipinski definition) is 5. The number of thiophene rings is 1. The molecule has 0 saturated heterocycles. The van der Waals surface area contributed by atoms with Crippen molar-refractivity contribution >= 4 is 75.3 Å². The molecule has 4 aromatic heterocycles. The van der Waals surface area contributed by atoms with Crippen molar-refractivity contribution in [3.05, 3.63) is 182 Å². The Morgan fingerprint density at radius 2 is 0.965 bits per heavy atom. The van der Waals surface area contributed by atoms with Gasteiger partial charge in [-0.1, -0.05) is 127 Å². The second-order valence-corrected chi connectivity index (χ2v) is 15.5. The van der Waals surface area contributed by atoms with Gasteiger partial charge in [0.1, 0.15) is 11.2 Å². The summed E-state index contributed by atoms with van der Waals surface area (Å²) in [4.78, 5) is 15.1. The molecule has 57 heavy (non-hydrogen) atoms. The predicted octanol–water partition coefficient (Wildman–Crippen LogP) is 13.9. The number of rotatable bonds is 5. The second kappa shape index (κ2) is 12.6. The molecule has 5 nitrogen and oxygen atoms in total. The van der Waals surface area contributed by atoms with Gasteiger partial charge in [-0.05, 0) is 65.7 Å². The van der Waals surface area contributed by atoms with Crippen molar-refractivity contribution in [3.8, 4) is 51.0 Å². The van der Waals surface area contributed by atoms with Crippen LogP contribution in [-0.4, -0.2) is 19.5 Å². The van der Waals surface area contributed by atoms with Crippen molar-refractivity contribution < 1.29 is 4.42 Å². The van der Waals surface area contributed by atoms with E-state index in [9.17, 15) is 0 Å². The van der Waals surface area contributed by atoms with Crippen molar-refractivity contribution in [2.75, 3.05) is 0 Å².